The standard InChI is InChI=1S/C22H15N3O3/c26-19-13-21(28-20-7-2-1-6-18(19)20)15-8-10-16(11-9-15)22(27)25-24-14-17-5-3-4-12-23-17/h1-14H,(H,25,27)/b24-14+. The van der Waals surface area contributed by atoms with Crippen molar-refractivity contribution in [1.29, 1.82) is 0 Å². The Balaban J connectivity index is 1.51. The highest BCUT2D eigenvalue weighted by molar-refractivity contribution is 5.95. The fraction of sp³-hybridized carbons (Fsp3) is 0. The van der Waals surface area contributed by atoms with Crippen molar-refractivity contribution in [2.75, 3.05) is 0 Å². The van der Waals surface area contributed by atoms with Gasteiger partial charge < -0.3 is 4.42 Å². The summed E-state index contributed by atoms with van der Waals surface area (Å²) in [4.78, 5) is 28.5. The first-order valence-electron chi connectivity index (χ1n) is 8.58. The average Bonchev–Trinajstić information content (AvgIpc) is 2.74. The summed E-state index contributed by atoms with van der Waals surface area (Å²) in [7, 11) is 0. The number of hydrogen-bond donors (Lipinski definition) is 1. The van der Waals surface area contributed by atoms with Crippen LogP contribution in [0.1, 0.15) is 16.1 Å². The van der Waals surface area contributed by atoms with Crippen molar-refractivity contribution in [3.63, 3.8) is 0 Å². The van der Waals surface area contributed by atoms with E-state index in [1.54, 1.807) is 60.8 Å². The fourth-order valence-electron chi connectivity index (χ4n) is 2.71. The molecule has 6 heteroatoms. The van der Waals surface area contributed by atoms with E-state index in [4.69, 9.17) is 4.42 Å². The summed E-state index contributed by atoms with van der Waals surface area (Å²) >= 11 is 0. The molecule has 2 heterocycles. The number of nitrogens with one attached hydrogen (secondary N) is 1. The lowest BCUT2D eigenvalue weighted by Gasteiger charge is -2.04. The lowest BCUT2D eigenvalue weighted by molar-refractivity contribution is 0.0955. The molecule has 6 nitrogen and oxygen atoms in total. The predicted molar refractivity (Wildman–Crippen MR) is 107 cm³/mol. The van der Waals surface area contributed by atoms with Gasteiger partial charge in [0.05, 0.1) is 17.3 Å². The number of pyridine rings is 1. The van der Waals surface area contributed by atoms with Gasteiger partial charge in [0.1, 0.15) is 11.3 Å². The molecule has 1 N–H and O–H groups in total. The number of nitrogens with zero attached hydrogens (tertiary/aromatic N) is 2. The van der Waals surface area contributed by atoms with Gasteiger partial charge in [0.15, 0.2) is 5.43 Å². The van der Waals surface area contributed by atoms with Crippen molar-refractivity contribution in [3.05, 3.63) is 100 Å². The molecule has 4 aromatic rings. The van der Waals surface area contributed by atoms with Crippen LogP contribution in [0.4, 0.5) is 0 Å². The van der Waals surface area contributed by atoms with E-state index in [9.17, 15) is 9.59 Å². The van der Waals surface area contributed by atoms with Crippen LogP contribution in [0.2, 0.25) is 0 Å². The third kappa shape index (κ3) is 3.71. The summed E-state index contributed by atoms with van der Waals surface area (Å²) < 4.78 is 5.81. The van der Waals surface area contributed by atoms with Gasteiger partial charge in [-0.05, 0) is 36.4 Å². The first-order valence-corrected chi connectivity index (χ1v) is 8.58. The van der Waals surface area contributed by atoms with Gasteiger partial charge in [0.2, 0.25) is 0 Å². The molecule has 0 atom stereocenters. The Labute approximate surface area is 160 Å². The highest BCUT2D eigenvalue weighted by Gasteiger charge is 2.09. The molecule has 0 aliphatic heterocycles. The van der Waals surface area contributed by atoms with Crippen LogP contribution in [0.15, 0.2) is 93.3 Å². The molecule has 0 unspecified atom stereocenters. The van der Waals surface area contributed by atoms with Gasteiger partial charge in [-0.2, -0.15) is 5.10 Å². The molecule has 0 saturated carbocycles. The minimum atomic E-state index is -0.348. The van der Waals surface area contributed by atoms with Crippen LogP contribution in [-0.2, 0) is 0 Å². The predicted octanol–water partition coefficient (Wildman–Crippen LogP) is 3.62. The Kier molecular flexibility index (Phi) is 4.76. The molecule has 0 saturated heterocycles. The van der Waals surface area contributed by atoms with E-state index < -0.39 is 0 Å². The van der Waals surface area contributed by atoms with Gasteiger partial charge in [0, 0.05) is 23.4 Å². The van der Waals surface area contributed by atoms with Crippen LogP contribution >= 0.6 is 0 Å². The molecule has 1 amide bonds. The van der Waals surface area contributed by atoms with Crippen LogP contribution in [0.3, 0.4) is 0 Å². The number of fused-ring (bicyclic) bond motifs is 1. The van der Waals surface area contributed by atoms with Crippen molar-refractivity contribution >= 4 is 23.1 Å². The van der Waals surface area contributed by atoms with Crippen molar-refractivity contribution in [2.24, 2.45) is 5.10 Å². The van der Waals surface area contributed by atoms with Crippen LogP contribution in [0.5, 0.6) is 0 Å². The Morgan fingerprint density at radius 1 is 1.00 bits per heavy atom. The molecular weight excluding hydrogens is 354 g/mol. The molecule has 0 radical (unpaired) electrons. The number of amides is 1. The number of aromatic nitrogens is 1. The van der Waals surface area contributed by atoms with Crippen LogP contribution < -0.4 is 10.9 Å². The Hall–Kier alpha value is -4.06. The van der Waals surface area contributed by atoms with Crippen LogP contribution in [0.25, 0.3) is 22.3 Å². The van der Waals surface area contributed by atoms with E-state index in [1.807, 2.05) is 12.1 Å². The maximum absolute atomic E-state index is 12.2. The quantitative estimate of drug-likeness (QED) is 0.440. The largest absolute Gasteiger partial charge is 0.456 e. The Morgan fingerprint density at radius 3 is 2.57 bits per heavy atom. The first-order chi connectivity index (χ1) is 13.7. The summed E-state index contributed by atoms with van der Waals surface area (Å²) in [5.41, 5.74) is 4.66. The third-order valence-corrected chi connectivity index (χ3v) is 4.12. The van der Waals surface area contributed by atoms with Gasteiger partial charge in [-0.1, -0.05) is 30.3 Å². The SMILES string of the molecule is O=C(N/N=C/c1ccccn1)c1ccc(-c2cc(=O)c3ccccc3o2)cc1. The van der Waals surface area contributed by atoms with Crippen molar-refractivity contribution < 1.29 is 9.21 Å². The second-order valence-corrected chi connectivity index (χ2v) is 6.00. The lowest BCUT2D eigenvalue weighted by atomic mass is 10.1. The van der Waals surface area contributed by atoms with Gasteiger partial charge in [-0.15, -0.1) is 0 Å². The number of hydrogen-bond acceptors (Lipinski definition) is 5. The van der Waals surface area contributed by atoms with Gasteiger partial charge in [0.25, 0.3) is 5.91 Å². The van der Waals surface area contributed by atoms with Crippen molar-refractivity contribution in [1.82, 2.24) is 10.4 Å². The number of carbonyl (C=O) groups excluding carboxylic acids is 1. The van der Waals surface area contributed by atoms with E-state index in [-0.39, 0.29) is 11.3 Å². The number of benzene rings is 2. The molecule has 2 aromatic heterocycles. The number of para-hydroxylation sites is 1. The zero-order valence-corrected chi connectivity index (χ0v) is 14.7. The number of hydrazone groups is 1. The molecule has 28 heavy (non-hydrogen) atoms. The van der Waals surface area contributed by atoms with Gasteiger partial charge >= 0.3 is 0 Å². The maximum Gasteiger partial charge on any atom is 0.271 e. The van der Waals surface area contributed by atoms with E-state index >= 15 is 0 Å². The van der Waals surface area contributed by atoms with E-state index in [0.717, 1.165) is 0 Å². The minimum absolute atomic E-state index is 0.109. The Morgan fingerprint density at radius 2 is 1.79 bits per heavy atom. The summed E-state index contributed by atoms with van der Waals surface area (Å²) in [6, 6.07) is 20.7. The summed E-state index contributed by atoms with van der Waals surface area (Å²) in [5, 5.41) is 4.43. The smallest absolute Gasteiger partial charge is 0.271 e. The maximum atomic E-state index is 12.2. The number of carbonyl (C=O) groups is 1. The summed E-state index contributed by atoms with van der Waals surface area (Å²) in [5.74, 6) is 0.0996. The fourth-order valence-corrected chi connectivity index (χ4v) is 2.71. The van der Waals surface area contributed by atoms with E-state index in [2.05, 4.69) is 15.5 Å². The van der Waals surface area contributed by atoms with Gasteiger partial charge in [-0.25, -0.2) is 5.43 Å². The summed E-state index contributed by atoms with van der Waals surface area (Å²) in [6.07, 6.45) is 3.11. The molecule has 0 aliphatic carbocycles. The molecule has 0 fully saturated rings. The molecule has 4 rings (SSSR count). The highest BCUT2D eigenvalue weighted by Crippen LogP contribution is 2.22. The van der Waals surface area contributed by atoms with Crippen LogP contribution in [0, 0.1) is 0 Å². The zero-order chi connectivity index (χ0) is 19.3. The second kappa shape index (κ2) is 7.67. The highest BCUT2D eigenvalue weighted by atomic mass is 16.3. The average molecular weight is 369 g/mol. The second-order valence-electron chi connectivity index (χ2n) is 6.00. The zero-order valence-electron chi connectivity index (χ0n) is 14.7. The van der Waals surface area contributed by atoms with E-state index in [1.165, 1.54) is 12.3 Å². The molecule has 2 aromatic carbocycles. The normalized spacial score (nSPS) is 11.0. The molecular formula is C22H15N3O3. The molecule has 0 spiro atoms. The third-order valence-electron chi connectivity index (χ3n) is 4.12. The van der Waals surface area contributed by atoms with E-state index in [0.29, 0.717) is 33.6 Å². The molecule has 136 valence electrons. The molecule has 0 bridgehead atoms. The lowest BCUT2D eigenvalue weighted by Crippen LogP contribution is -2.17. The molecule has 0 aliphatic rings. The minimum Gasteiger partial charge on any atom is -0.456 e. The monoisotopic (exact) mass is 369 g/mol. The topological polar surface area (TPSA) is 84.6 Å². The summed E-state index contributed by atoms with van der Waals surface area (Å²) in [6.45, 7) is 0. The first kappa shape index (κ1) is 17.4. The van der Waals surface area contributed by atoms with Crippen LogP contribution in [-0.4, -0.2) is 17.1 Å². The Bertz CT molecular complexity index is 1210. The van der Waals surface area contributed by atoms with Crippen molar-refractivity contribution in [2.45, 2.75) is 0 Å². The number of rotatable bonds is 4. The van der Waals surface area contributed by atoms with Gasteiger partial charge in [-0.3, -0.25) is 14.6 Å². The van der Waals surface area contributed by atoms with Crippen molar-refractivity contribution in [3.8, 4) is 11.3 Å².